The van der Waals surface area contributed by atoms with Gasteiger partial charge in [-0.25, -0.2) is 0 Å². The molecular weight excluding hydrogens is 324 g/mol. The molecule has 0 spiro atoms. The molecule has 0 radical (unpaired) electrons. The number of nitrogens with zero attached hydrogens (tertiary/aromatic N) is 1. The van der Waals surface area contributed by atoms with E-state index in [2.05, 4.69) is 33.8 Å². The number of fused-ring (bicyclic) bond motifs is 1. The molecule has 1 saturated heterocycles. The quantitative estimate of drug-likeness (QED) is 0.871. The van der Waals surface area contributed by atoms with Crippen molar-refractivity contribution in [2.45, 2.75) is 12.6 Å². The second kappa shape index (κ2) is 7.53. The number of para-hydroxylation sites is 1. The largest absolute Gasteiger partial charge is 0.454 e. The number of rotatable bonds is 6. The van der Waals surface area contributed by atoms with Crippen LogP contribution in [0.1, 0.15) is 16.5 Å². The molecule has 0 unspecified atom stereocenters. The van der Waals surface area contributed by atoms with Crippen molar-refractivity contribution in [2.24, 2.45) is 0 Å². The van der Waals surface area contributed by atoms with E-state index < -0.39 is 0 Å². The molecule has 1 aromatic carbocycles. The third-order valence-corrected chi connectivity index (χ3v) is 5.46. The van der Waals surface area contributed by atoms with Crippen LogP contribution < -0.4 is 14.8 Å². The molecule has 2 aliphatic heterocycles. The van der Waals surface area contributed by atoms with Gasteiger partial charge in [0.1, 0.15) is 0 Å². The Balaban J connectivity index is 1.41. The van der Waals surface area contributed by atoms with Crippen LogP contribution in [0.25, 0.3) is 0 Å². The van der Waals surface area contributed by atoms with Gasteiger partial charge in [-0.05, 0) is 17.5 Å². The summed E-state index contributed by atoms with van der Waals surface area (Å²) >= 11 is 1.82. The van der Waals surface area contributed by atoms with Gasteiger partial charge < -0.3 is 19.5 Å². The van der Waals surface area contributed by atoms with E-state index in [1.807, 2.05) is 23.5 Å². The van der Waals surface area contributed by atoms with Gasteiger partial charge in [-0.15, -0.1) is 11.3 Å². The average molecular weight is 346 g/mol. The highest BCUT2D eigenvalue weighted by atomic mass is 32.1. The zero-order valence-corrected chi connectivity index (χ0v) is 14.4. The van der Waals surface area contributed by atoms with E-state index in [0.29, 0.717) is 12.8 Å². The standard InChI is InChI=1S/C18H22N2O3S/c1-3-14(18-16(4-1)22-13-23-18)11-19-12-15(17-5-2-10-24-17)20-6-8-21-9-7-20/h1-5,10,15,19H,6-9,11-13H2/t15-/m1/s1. The first kappa shape index (κ1) is 15.9. The maximum atomic E-state index is 5.59. The molecule has 4 rings (SSSR count). The third-order valence-electron chi connectivity index (χ3n) is 4.49. The van der Waals surface area contributed by atoms with Crippen molar-refractivity contribution in [3.63, 3.8) is 0 Å². The van der Waals surface area contributed by atoms with Crippen LogP contribution >= 0.6 is 11.3 Å². The molecule has 5 nitrogen and oxygen atoms in total. The summed E-state index contributed by atoms with van der Waals surface area (Å²) in [6.07, 6.45) is 0. The van der Waals surface area contributed by atoms with Crippen LogP contribution in [0.3, 0.4) is 0 Å². The highest BCUT2D eigenvalue weighted by Gasteiger charge is 2.23. The fraction of sp³-hybridized carbons (Fsp3) is 0.444. The minimum absolute atomic E-state index is 0.317. The van der Waals surface area contributed by atoms with Gasteiger partial charge in [0, 0.05) is 36.6 Å². The minimum atomic E-state index is 0.317. The van der Waals surface area contributed by atoms with E-state index in [1.165, 1.54) is 4.88 Å². The molecular formula is C18H22N2O3S. The SMILES string of the molecule is c1csc([C@@H](CNCc2cccc3c2OCO3)N2CCOCC2)c1. The smallest absolute Gasteiger partial charge is 0.231 e. The first-order valence-electron chi connectivity index (χ1n) is 8.35. The Kier molecular flexibility index (Phi) is 4.99. The van der Waals surface area contributed by atoms with Crippen molar-refractivity contribution in [2.75, 3.05) is 39.6 Å². The van der Waals surface area contributed by atoms with Crippen LogP contribution in [0.4, 0.5) is 0 Å². The number of ether oxygens (including phenoxy) is 3. The van der Waals surface area contributed by atoms with Gasteiger partial charge in [0.05, 0.1) is 19.3 Å². The Bertz CT molecular complexity index is 656. The van der Waals surface area contributed by atoms with Gasteiger partial charge in [-0.2, -0.15) is 0 Å². The zero-order valence-electron chi connectivity index (χ0n) is 13.6. The number of thiophene rings is 1. The van der Waals surface area contributed by atoms with Crippen molar-refractivity contribution in [3.8, 4) is 11.5 Å². The van der Waals surface area contributed by atoms with Crippen molar-refractivity contribution in [1.82, 2.24) is 10.2 Å². The second-order valence-corrected chi connectivity index (χ2v) is 6.94. The Labute approximate surface area is 146 Å². The summed E-state index contributed by atoms with van der Waals surface area (Å²) < 4.78 is 16.5. The number of hydrogen-bond acceptors (Lipinski definition) is 6. The summed E-state index contributed by atoms with van der Waals surface area (Å²) in [6.45, 7) is 5.62. The first-order chi connectivity index (χ1) is 11.9. The summed E-state index contributed by atoms with van der Waals surface area (Å²) in [7, 11) is 0. The van der Waals surface area contributed by atoms with Crippen molar-refractivity contribution in [1.29, 1.82) is 0 Å². The summed E-state index contributed by atoms with van der Waals surface area (Å²) in [6, 6.07) is 10.8. The maximum absolute atomic E-state index is 5.59. The molecule has 1 fully saturated rings. The van der Waals surface area contributed by atoms with E-state index in [1.54, 1.807) is 0 Å². The van der Waals surface area contributed by atoms with Gasteiger partial charge in [0.25, 0.3) is 0 Å². The molecule has 128 valence electrons. The topological polar surface area (TPSA) is 43.0 Å². The van der Waals surface area contributed by atoms with Crippen molar-refractivity contribution >= 4 is 11.3 Å². The monoisotopic (exact) mass is 346 g/mol. The Hall–Kier alpha value is -1.60. The summed E-state index contributed by atoms with van der Waals surface area (Å²) in [5.74, 6) is 1.72. The van der Waals surface area contributed by atoms with E-state index in [-0.39, 0.29) is 0 Å². The molecule has 3 heterocycles. The van der Waals surface area contributed by atoms with Crippen molar-refractivity contribution < 1.29 is 14.2 Å². The van der Waals surface area contributed by atoms with Gasteiger partial charge in [0.2, 0.25) is 6.79 Å². The Morgan fingerprint density at radius 1 is 1.12 bits per heavy atom. The molecule has 1 aromatic heterocycles. The average Bonchev–Trinajstić information content (AvgIpc) is 3.31. The first-order valence-corrected chi connectivity index (χ1v) is 9.23. The number of hydrogen-bond donors (Lipinski definition) is 1. The van der Waals surface area contributed by atoms with Crippen molar-refractivity contribution in [3.05, 3.63) is 46.2 Å². The number of benzene rings is 1. The molecule has 0 saturated carbocycles. The van der Waals surface area contributed by atoms with E-state index in [9.17, 15) is 0 Å². The summed E-state index contributed by atoms with van der Waals surface area (Å²) in [5.41, 5.74) is 1.15. The lowest BCUT2D eigenvalue weighted by molar-refractivity contribution is 0.0168. The molecule has 2 aliphatic rings. The minimum Gasteiger partial charge on any atom is -0.454 e. The number of nitrogens with one attached hydrogen (secondary N) is 1. The third kappa shape index (κ3) is 3.42. The highest BCUT2D eigenvalue weighted by molar-refractivity contribution is 7.10. The maximum Gasteiger partial charge on any atom is 0.231 e. The van der Waals surface area contributed by atoms with E-state index in [4.69, 9.17) is 14.2 Å². The van der Waals surface area contributed by atoms with Gasteiger partial charge in [0.15, 0.2) is 11.5 Å². The van der Waals surface area contributed by atoms with Gasteiger partial charge in [-0.3, -0.25) is 4.90 Å². The van der Waals surface area contributed by atoms with Crippen LogP contribution in [-0.4, -0.2) is 44.5 Å². The Morgan fingerprint density at radius 2 is 2.04 bits per heavy atom. The lowest BCUT2D eigenvalue weighted by Crippen LogP contribution is -2.42. The molecule has 1 N–H and O–H groups in total. The molecule has 0 amide bonds. The van der Waals surface area contributed by atoms with Gasteiger partial charge in [-0.1, -0.05) is 18.2 Å². The Morgan fingerprint density at radius 3 is 2.88 bits per heavy atom. The fourth-order valence-corrected chi connectivity index (χ4v) is 4.11. The molecule has 6 heteroatoms. The van der Waals surface area contributed by atoms with E-state index in [0.717, 1.165) is 56.5 Å². The fourth-order valence-electron chi connectivity index (χ4n) is 3.25. The predicted molar refractivity (Wildman–Crippen MR) is 93.7 cm³/mol. The van der Waals surface area contributed by atoms with Crippen LogP contribution in [0.5, 0.6) is 11.5 Å². The second-order valence-electron chi connectivity index (χ2n) is 5.96. The molecule has 0 aliphatic carbocycles. The molecule has 1 atom stereocenters. The molecule has 24 heavy (non-hydrogen) atoms. The van der Waals surface area contributed by atoms with Crippen LogP contribution in [0, 0.1) is 0 Å². The number of morpholine rings is 1. The lowest BCUT2D eigenvalue weighted by atomic mass is 10.1. The lowest BCUT2D eigenvalue weighted by Gasteiger charge is -2.34. The molecule has 0 bridgehead atoms. The van der Waals surface area contributed by atoms with E-state index >= 15 is 0 Å². The zero-order chi connectivity index (χ0) is 16.2. The van der Waals surface area contributed by atoms with Crippen LogP contribution in [0.2, 0.25) is 0 Å². The normalized spacial score (nSPS) is 18.7. The van der Waals surface area contributed by atoms with Crippen LogP contribution in [-0.2, 0) is 11.3 Å². The molecule has 2 aromatic rings. The van der Waals surface area contributed by atoms with Crippen LogP contribution in [0.15, 0.2) is 35.7 Å². The highest BCUT2D eigenvalue weighted by Crippen LogP contribution is 2.35. The predicted octanol–water partition coefficient (Wildman–Crippen LogP) is 2.64. The summed E-state index contributed by atoms with van der Waals surface area (Å²) in [5, 5.41) is 5.76. The van der Waals surface area contributed by atoms with Gasteiger partial charge >= 0.3 is 0 Å². The summed E-state index contributed by atoms with van der Waals surface area (Å²) in [4.78, 5) is 3.92.